The molecule has 0 aromatic rings. The summed E-state index contributed by atoms with van der Waals surface area (Å²) in [6.07, 6.45) is 24.5. The maximum absolute atomic E-state index is 12.5. The van der Waals surface area contributed by atoms with E-state index in [2.05, 4.69) is 18.4 Å². The first kappa shape index (κ1) is 42.0. The second-order valence-electron chi connectivity index (χ2n) is 11.7. The van der Waals surface area contributed by atoms with Crippen molar-refractivity contribution in [3.05, 3.63) is 0 Å². The molecule has 11 heteroatoms. The van der Waals surface area contributed by atoms with Crippen LogP contribution in [0.2, 0.25) is 0 Å². The third-order valence-corrected chi connectivity index (χ3v) is 8.34. The van der Waals surface area contributed by atoms with Crippen molar-refractivity contribution in [2.45, 2.75) is 167 Å². The summed E-state index contributed by atoms with van der Waals surface area (Å²) in [6, 6.07) is -1.46. The maximum atomic E-state index is 12.5. The number of hydrogen-bond acceptors (Lipinski definition) is 8. The Kier molecular flexibility index (Phi) is 29.0. The Labute approximate surface area is 261 Å². The Morgan fingerprint density at radius 2 is 1.07 bits per heavy atom. The molecule has 256 valence electrons. The number of phosphoric acid groups is 1. The maximum Gasteiger partial charge on any atom is 0.472 e. The Bertz CT molecular complexity index is 710. The minimum Gasteiger partial charge on any atom is -0.480 e. The molecule has 3 atom stereocenters. The van der Waals surface area contributed by atoms with Gasteiger partial charge in [-0.15, -0.1) is 0 Å². The van der Waals surface area contributed by atoms with Gasteiger partial charge in [0.05, 0.1) is 19.8 Å². The van der Waals surface area contributed by atoms with Gasteiger partial charge in [0.2, 0.25) is 0 Å². The fourth-order valence-electron chi connectivity index (χ4n) is 4.66. The molecular formula is C32H64NO9P. The summed E-state index contributed by atoms with van der Waals surface area (Å²) in [5.74, 6) is -1.77. The SMILES string of the molecule is CCCCCCCCCCCCCCCC(=O)OC(COCCCCCCCCCC)COP(=O)(O)OCC(N)C(=O)O. The number of unbranched alkanes of at least 4 members (excludes halogenated alkanes) is 19. The highest BCUT2D eigenvalue weighted by Crippen LogP contribution is 2.43. The van der Waals surface area contributed by atoms with Crippen molar-refractivity contribution in [3.8, 4) is 0 Å². The van der Waals surface area contributed by atoms with Crippen LogP contribution in [0.15, 0.2) is 0 Å². The van der Waals surface area contributed by atoms with E-state index in [1.54, 1.807) is 0 Å². The summed E-state index contributed by atoms with van der Waals surface area (Å²) in [7, 11) is -4.59. The summed E-state index contributed by atoms with van der Waals surface area (Å²) in [6.45, 7) is 3.84. The van der Waals surface area contributed by atoms with Gasteiger partial charge in [0.1, 0.15) is 12.1 Å². The Balaban J connectivity index is 4.31. The van der Waals surface area contributed by atoms with Crippen molar-refractivity contribution in [2.75, 3.05) is 26.4 Å². The van der Waals surface area contributed by atoms with E-state index < -0.39 is 45.1 Å². The van der Waals surface area contributed by atoms with Crippen molar-refractivity contribution in [3.63, 3.8) is 0 Å². The molecule has 0 aliphatic carbocycles. The van der Waals surface area contributed by atoms with Crippen molar-refractivity contribution in [2.24, 2.45) is 5.73 Å². The van der Waals surface area contributed by atoms with E-state index >= 15 is 0 Å². The van der Waals surface area contributed by atoms with Crippen LogP contribution in [0, 0.1) is 0 Å². The highest BCUT2D eigenvalue weighted by molar-refractivity contribution is 7.47. The standard InChI is InChI=1S/C32H64NO9P/c1-3-5-7-9-11-13-14-15-16-17-18-20-22-24-31(34)42-29(26-39-25-23-21-19-12-10-8-6-4-2)27-40-43(37,38)41-28-30(33)32(35)36/h29-30H,3-28,33H2,1-2H3,(H,35,36)(H,37,38). The zero-order valence-electron chi connectivity index (χ0n) is 27.3. The fraction of sp³-hybridized carbons (Fsp3) is 0.938. The molecule has 0 bridgehead atoms. The van der Waals surface area contributed by atoms with E-state index in [1.807, 2.05) is 0 Å². The van der Waals surface area contributed by atoms with Gasteiger partial charge in [-0.2, -0.15) is 0 Å². The summed E-state index contributed by atoms with van der Waals surface area (Å²) < 4.78 is 33.0. The first-order chi connectivity index (χ1) is 20.7. The molecule has 0 fully saturated rings. The Morgan fingerprint density at radius 3 is 1.53 bits per heavy atom. The van der Waals surface area contributed by atoms with E-state index in [1.165, 1.54) is 96.3 Å². The van der Waals surface area contributed by atoms with Gasteiger partial charge in [-0.1, -0.05) is 136 Å². The highest BCUT2D eigenvalue weighted by Gasteiger charge is 2.27. The van der Waals surface area contributed by atoms with Gasteiger partial charge in [-0.3, -0.25) is 18.6 Å². The van der Waals surface area contributed by atoms with Gasteiger partial charge < -0.3 is 25.2 Å². The monoisotopic (exact) mass is 637 g/mol. The Morgan fingerprint density at radius 1 is 0.651 bits per heavy atom. The van der Waals surface area contributed by atoms with Crippen LogP contribution in [0.5, 0.6) is 0 Å². The molecule has 0 saturated carbocycles. The predicted octanol–water partition coefficient (Wildman–Crippen LogP) is 8.08. The van der Waals surface area contributed by atoms with Gasteiger partial charge in [0.15, 0.2) is 0 Å². The minimum absolute atomic E-state index is 0.0233. The molecule has 0 radical (unpaired) electrons. The number of hydrogen-bond donors (Lipinski definition) is 3. The molecule has 0 aromatic heterocycles. The normalized spacial score (nSPS) is 14.3. The smallest absolute Gasteiger partial charge is 0.472 e. The number of ether oxygens (including phenoxy) is 2. The van der Waals surface area contributed by atoms with Crippen molar-refractivity contribution in [1.82, 2.24) is 0 Å². The quantitative estimate of drug-likeness (QED) is 0.0365. The van der Waals surface area contributed by atoms with Crippen molar-refractivity contribution < 1.29 is 42.7 Å². The molecule has 0 rings (SSSR count). The molecular weight excluding hydrogens is 573 g/mol. The molecule has 3 unspecified atom stereocenters. The minimum atomic E-state index is -4.59. The van der Waals surface area contributed by atoms with Gasteiger partial charge in [-0.25, -0.2) is 4.57 Å². The third kappa shape index (κ3) is 29.4. The van der Waals surface area contributed by atoms with Crippen LogP contribution in [0.4, 0.5) is 0 Å². The molecule has 0 saturated heterocycles. The second kappa shape index (κ2) is 29.7. The topological polar surface area (TPSA) is 155 Å². The number of carbonyl (C=O) groups is 2. The first-order valence-electron chi connectivity index (χ1n) is 17.1. The van der Waals surface area contributed by atoms with E-state index in [-0.39, 0.29) is 13.0 Å². The summed E-state index contributed by atoms with van der Waals surface area (Å²) in [5.41, 5.74) is 5.31. The lowest BCUT2D eigenvalue weighted by atomic mass is 10.0. The molecule has 10 nitrogen and oxygen atoms in total. The molecule has 0 spiro atoms. The second-order valence-corrected chi connectivity index (χ2v) is 13.1. The van der Waals surface area contributed by atoms with Crippen LogP contribution >= 0.6 is 7.82 Å². The van der Waals surface area contributed by atoms with Crippen LogP contribution in [-0.2, 0) is 32.7 Å². The van der Waals surface area contributed by atoms with Crippen LogP contribution in [0.3, 0.4) is 0 Å². The molecule has 0 aliphatic rings. The van der Waals surface area contributed by atoms with Crippen molar-refractivity contribution >= 4 is 19.8 Å². The Hall–Kier alpha value is -1.03. The fourth-order valence-corrected chi connectivity index (χ4v) is 5.44. The van der Waals surface area contributed by atoms with E-state index in [0.29, 0.717) is 6.61 Å². The van der Waals surface area contributed by atoms with Crippen molar-refractivity contribution in [1.29, 1.82) is 0 Å². The highest BCUT2D eigenvalue weighted by atomic mass is 31.2. The number of rotatable bonds is 33. The lowest BCUT2D eigenvalue weighted by Crippen LogP contribution is -2.34. The summed E-state index contributed by atoms with van der Waals surface area (Å²) >= 11 is 0. The zero-order valence-corrected chi connectivity index (χ0v) is 28.2. The number of phosphoric ester groups is 1. The van der Waals surface area contributed by atoms with E-state index in [0.717, 1.165) is 38.5 Å². The number of carboxylic acids is 1. The number of carboxylic acid groups (broad SMARTS) is 1. The number of carbonyl (C=O) groups excluding carboxylic acids is 1. The summed E-state index contributed by atoms with van der Waals surface area (Å²) in [4.78, 5) is 33.2. The van der Waals surface area contributed by atoms with E-state index in [4.69, 9.17) is 24.8 Å². The van der Waals surface area contributed by atoms with Crippen LogP contribution in [0.25, 0.3) is 0 Å². The zero-order chi connectivity index (χ0) is 32.0. The average molecular weight is 638 g/mol. The first-order valence-corrected chi connectivity index (χ1v) is 18.6. The van der Waals surface area contributed by atoms with Crippen LogP contribution < -0.4 is 5.73 Å². The third-order valence-electron chi connectivity index (χ3n) is 7.39. The van der Waals surface area contributed by atoms with Gasteiger partial charge in [0.25, 0.3) is 0 Å². The number of aliphatic carboxylic acids is 1. The average Bonchev–Trinajstić information content (AvgIpc) is 2.97. The molecule has 0 aromatic carbocycles. The molecule has 0 heterocycles. The summed E-state index contributed by atoms with van der Waals surface area (Å²) in [5, 5.41) is 8.82. The van der Waals surface area contributed by atoms with Crippen LogP contribution in [-0.4, -0.2) is 60.5 Å². The van der Waals surface area contributed by atoms with Crippen LogP contribution in [0.1, 0.15) is 155 Å². The van der Waals surface area contributed by atoms with E-state index in [9.17, 15) is 19.0 Å². The van der Waals surface area contributed by atoms with Gasteiger partial charge in [0, 0.05) is 13.0 Å². The lowest BCUT2D eigenvalue weighted by molar-refractivity contribution is -0.154. The predicted molar refractivity (Wildman–Crippen MR) is 171 cm³/mol. The lowest BCUT2D eigenvalue weighted by Gasteiger charge is -2.20. The number of esters is 1. The molecule has 0 aliphatic heterocycles. The molecule has 43 heavy (non-hydrogen) atoms. The largest absolute Gasteiger partial charge is 0.480 e. The molecule has 0 amide bonds. The van der Waals surface area contributed by atoms with Gasteiger partial charge in [-0.05, 0) is 12.8 Å². The molecule has 4 N–H and O–H groups in total. The number of nitrogens with two attached hydrogens (primary N) is 1. The van der Waals surface area contributed by atoms with Gasteiger partial charge >= 0.3 is 19.8 Å².